The molecule has 0 radical (unpaired) electrons. The van der Waals surface area contributed by atoms with Crippen LogP contribution < -0.4 is 4.74 Å². The van der Waals surface area contributed by atoms with Gasteiger partial charge < -0.3 is 14.9 Å². The van der Waals surface area contributed by atoms with Crippen LogP contribution in [0, 0.1) is 19.8 Å². The van der Waals surface area contributed by atoms with Crippen LogP contribution >= 0.6 is 11.6 Å². The van der Waals surface area contributed by atoms with Crippen molar-refractivity contribution >= 4 is 17.6 Å². The molecule has 0 spiro atoms. The summed E-state index contributed by atoms with van der Waals surface area (Å²) in [6.07, 6.45) is 0. The Kier molecular flexibility index (Phi) is 5.39. The number of phenolic OH excluding ortho intramolecular Hbond substituents is 1. The Bertz CT molecular complexity index is 808. The highest BCUT2D eigenvalue weighted by Crippen LogP contribution is 2.29. The van der Waals surface area contributed by atoms with E-state index < -0.39 is 5.97 Å². The summed E-state index contributed by atoms with van der Waals surface area (Å²) >= 11 is 5.82. The number of phenols is 1. The van der Waals surface area contributed by atoms with E-state index in [-0.39, 0.29) is 11.7 Å². The smallest absolute Gasteiger partial charge is 0.309 e. The molecule has 0 aliphatic carbocycles. The fourth-order valence-corrected chi connectivity index (χ4v) is 3.39. The number of likely N-dealkylation sites (tertiary alicyclic amines) is 1. The van der Waals surface area contributed by atoms with E-state index in [4.69, 9.17) is 21.4 Å². The summed E-state index contributed by atoms with van der Waals surface area (Å²) in [5, 5.41) is 19.0. The van der Waals surface area contributed by atoms with Crippen molar-refractivity contribution in [3.63, 3.8) is 0 Å². The first-order valence-electron chi connectivity index (χ1n) is 8.49. The molecule has 3 rings (SSSR count). The molecule has 1 aliphatic heterocycles. The average molecular weight is 376 g/mol. The van der Waals surface area contributed by atoms with E-state index in [1.165, 1.54) is 0 Å². The third kappa shape index (κ3) is 4.11. The standard InChI is InChI=1S/C20H22ClNO4/c1-12-5-15(8-22-9-16(10-22)20(24)25)6-13(2)19(12)26-11-14-3-4-17(21)18(23)7-14/h3-7,16,23H,8-11H2,1-2H3,(H,24,25). The van der Waals surface area contributed by atoms with E-state index in [1.54, 1.807) is 12.1 Å². The number of aromatic hydroxyl groups is 1. The molecule has 0 atom stereocenters. The number of hydrogen-bond acceptors (Lipinski definition) is 4. The van der Waals surface area contributed by atoms with Crippen LogP contribution in [0.1, 0.15) is 22.3 Å². The first-order valence-corrected chi connectivity index (χ1v) is 8.86. The van der Waals surface area contributed by atoms with Gasteiger partial charge in [-0.25, -0.2) is 0 Å². The summed E-state index contributed by atoms with van der Waals surface area (Å²) in [7, 11) is 0. The molecule has 1 fully saturated rings. The van der Waals surface area contributed by atoms with Crippen molar-refractivity contribution in [1.29, 1.82) is 0 Å². The van der Waals surface area contributed by atoms with Crippen LogP contribution in [0.3, 0.4) is 0 Å². The van der Waals surface area contributed by atoms with Gasteiger partial charge in [0.15, 0.2) is 0 Å². The number of carboxylic acid groups (broad SMARTS) is 1. The van der Waals surface area contributed by atoms with Crippen molar-refractivity contribution < 1.29 is 19.7 Å². The van der Waals surface area contributed by atoms with Gasteiger partial charge in [0, 0.05) is 19.6 Å². The lowest BCUT2D eigenvalue weighted by Gasteiger charge is -2.36. The molecular weight excluding hydrogens is 354 g/mol. The highest BCUT2D eigenvalue weighted by Gasteiger charge is 2.32. The summed E-state index contributed by atoms with van der Waals surface area (Å²) in [5.74, 6) is -0.0813. The summed E-state index contributed by atoms with van der Waals surface area (Å²) in [5.41, 5.74) is 4.07. The van der Waals surface area contributed by atoms with Gasteiger partial charge in [-0.3, -0.25) is 9.69 Å². The molecule has 0 amide bonds. The lowest BCUT2D eigenvalue weighted by molar-refractivity contribution is -0.147. The molecule has 26 heavy (non-hydrogen) atoms. The number of aliphatic carboxylic acids is 1. The van der Waals surface area contributed by atoms with Gasteiger partial charge in [-0.05, 0) is 48.2 Å². The topological polar surface area (TPSA) is 70.0 Å². The Morgan fingerprint density at radius 1 is 1.19 bits per heavy atom. The molecule has 6 heteroatoms. The van der Waals surface area contributed by atoms with E-state index in [0.29, 0.717) is 24.7 Å². The third-order valence-electron chi connectivity index (χ3n) is 4.63. The number of rotatable bonds is 6. The maximum Gasteiger partial charge on any atom is 0.309 e. The van der Waals surface area contributed by atoms with E-state index in [0.717, 1.165) is 34.5 Å². The molecule has 1 heterocycles. The van der Waals surface area contributed by atoms with Crippen LogP contribution in [0.5, 0.6) is 11.5 Å². The number of ether oxygens (including phenoxy) is 1. The van der Waals surface area contributed by atoms with E-state index >= 15 is 0 Å². The van der Waals surface area contributed by atoms with Crippen molar-refractivity contribution in [2.45, 2.75) is 27.0 Å². The predicted octanol–water partition coefficient (Wildman–Crippen LogP) is 3.76. The first kappa shape index (κ1) is 18.5. The fourth-order valence-electron chi connectivity index (χ4n) is 3.28. The summed E-state index contributed by atoms with van der Waals surface area (Å²) in [6, 6.07) is 9.23. The first-order chi connectivity index (χ1) is 12.3. The van der Waals surface area contributed by atoms with Crippen LogP contribution in [0.2, 0.25) is 5.02 Å². The molecule has 138 valence electrons. The second-order valence-corrected chi connectivity index (χ2v) is 7.27. The van der Waals surface area contributed by atoms with E-state index in [2.05, 4.69) is 17.0 Å². The van der Waals surface area contributed by atoms with Crippen LogP contribution in [-0.4, -0.2) is 34.2 Å². The molecule has 0 saturated carbocycles. The SMILES string of the molecule is Cc1cc(CN2CC(C(=O)O)C2)cc(C)c1OCc1ccc(Cl)c(O)c1. The molecular formula is C20H22ClNO4. The van der Waals surface area contributed by atoms with Crippen LogP contribution in [0.15, 0.2) is 30.3 Å². The van der Waals surface area contributed by atoms with E-state index in [1.807, 2.05) is 19.9 Å². The zero-order valence-electron chi connectivity index (χ0n) is 14.8. The van der Waals surface area contributed by atoms with Crippen molar-refractivity contribution in [3.8, 4) is 11.5 Å². The van der Waals surface area contributed by atoms with Gasteiger partial charge in [0.2, 0.25) is 0 Å². The highest BCUT2D eigenvalue weighted by molar-refractivity contribution is 6.32. The molecule has 2 aromatic rings. The molecule has 2 N–H and O–H groups in total. The summed E-state index contributed by atoms with van der Waals surface area (Å²) in [4.78, 5) is 13.0. The zero-order valence-corrected chi connectivity index (χ0v) is 15.6. The van der Waals surface area contributed by atoms with Crippen LogP contribution in [-0.2, 0) is 17.9 Å². The number of hydrogen-bond donors (Lipinski definition) is 2. The number of carbonyl (C=O) groups is 1. The lowest BCUT2D eigenvalue weighted by Crippen LogP contribution is -2.49. The Hall–Kier alpha value is -2.24. The van der Waals surface area contributed by atoms with E-state index in [9.17, 15) is 9.90 Å². The van der Waals surface area contributed by atoms with Crippen molar-refractivity contribution in [2.75, 3.05) is 13.1 Å². The quantitative estimate of drug-likeness (QED) is 0.804. The third-order valence-corrected chi connectivity index (χ3v) is 4.95. The minimum atomic E-state index is -0.717. The molecule has 1 aliphatic rings. The highest BCUT2D eigenvalue weighted by atomic mass is 35.5. The predicted molar refractivity (Wildman–Crippen MR) is 99.8 cm³/mol. The minimum Gasteiger partial charge on any atom is -0.506 e. The monoisotopic (exact) mass is 375 g/mol. The number of halogens is 1. The number of aryl methyl sites for hydroxylation is 2. The molecule has 2 aromatic carbocycles. The van der Waals surface area contributed by atoms with Gasteiger partial charge in [0.25, 0.3) is 0 Å². The second-order valence-electron chi connectivity index (χ2n) is 6.86. The normalized spacial score (nSPS) is 14.9. The molecule has 0 bridgehead atoms. The van der Waals surface area contributed by atoms with Gasteiger partial charge >= 0.3 is 5.97 Å². The van der Waals surface area contributed by atoms with Crippen molar-refractivity contribution in [3.05, 3.63) is 57.6 Å². The zero-order chi connectivity index (χ0) is 18.8. The average Bonchev–Trinajstić information content (AvgIpc) is 2.52. The van der Waals surface area contributed by atoms with Gasteiger partial charge in [0.1, 0.15) is 18.1 Å². The Balaban J connectivity index is 1.63. The Labute approximate surface area is 157 Å². The van der Waals surface area contributed by atoms with Crippen LogP contribution in [0.4, 0.5) is 0 Å². The molecule has 0 unspecified atom stereocenters. The van der Waals surface area contributed by atoms with Crippen LogP contribution in [0.25, 0.3) is 0 Å². The summed E-state index contributed by atoms with van der Waals surface area (Å²) in [6.45, 7) is 6.30. The maximum absolute atomic E-state index is 10.9. The minimum absolute atomic E-state index is 0.0470. The number of nitrogens with zero attached hydrogens (tertiary/aromatic N) is 1. The summed E-state index contributed by atoms with van der Waals surface area (Å²) < 4.78 is 5.95. The van der Waals surface area contributed by atoms with Gasteiger partial charge in [-0.1, -0.05) is 29.8 Å². The molecule has 5 nitrogen and oxygen atoms in total. The van der Waals surface area contributed by atoms with Gasteiger partial charge in [-0.2, -0.15) is 0 Å². The molecule has 0 aromatic heterocycles. The second kappa shape index (κ2) is 7.56. The largest absolute Gasteiger partial charge is 0.506 e. The van der Waals surface area contributed by atoms with Gasteiger partial charge in [-0.15, -0.1) is 0 Å². The lowest BCUT2D eigenvalue weighted by atomic mass is 9.98. The maximum atomic E-state index is 10.9. The molecule has 1 saturated heterocycles. The van der Waals surface area contributed by atoms with Gasteiger partial charge in [0.05, 0.1) is 10.9 Å². The van der Waals surface area contributed by atoms with Crippen molar-refractivity contribution in [1.82, 2.24) is 4.90 Å². The number of carboxylic acids is 1. The van der Waals surface area contributed by atoms with Crippen molar-refractivity contribution in [2.24, 2.45) is 5.92 Å². The number of benzene rings is 2. The fraction of sp³-hybridized carbons (Fsp3) is 0.350. The Morgan fingerprint density at radius 2 is 1.85 bits per heavy atom. The Morgan fingerprint density at radius 3 is 2.42 bits per heavy atom.